The van der Waals surface area contributed by atoms with Crippen molar-refractivity contribution >= 4 is 16.9 Å². The van der Waals surface area contributed by atoms with Crippen molar-refractivity contribution in [3.63, 3.8) is 0 Å². The van der Waals surface area contributed by atoms with Crippen molar-refractivity contribution < 1.29 is 9.90 Å². The molecule has 2 aromatic rings. The van der Waals surface area contributed by atoms with E-state index in [0.717, 1.165) is 5.52 Å². The lowest BCUT2D eigenvalue weighted by Crippen LogP contribution is -2.46. The van der Waals surface area contributed by atoms with Crippen LogP contribution < -0.4 is 5.32 Å². The molecule has 18 heavy (non-hydrogen) atoms. The molecule has 94 valence electrons. The van der Waals surface area contributed by atoms with Crippen molar-refractivity contribution in [3.05, 3.63) is 36.2 Å². The maximum atomic E-state index is 12.0. The van der Waals surface area contributed by atoms with E-state index in [-0.39, 0.29) is 12.5 Å². The van der Waals surface area contributed by atoms with Crippen molar-refractivity contribution in [2.75, 3.05) is 6.61 Å². The van der Waals surface area contributed by atoms with Gasteiger partial charge in [-0.05, 0) is 32.0 Å². The molecular formula is C13H15N3O2. The predicted molar refractivity (Wildman–Crippen MR) is 68.2 cm³/mol. The molecule has 0 saturated carbocycles. The fourth-order valence-corrected chi connectivity index (χ4v) is 1.52. The summed E-state index contributed by atoms with van der Waals surface area (Å²) < 4.78 is 0. The number of rotatable bonds is 3. The molecular weight excluding hydrogens is 230 g/mol. The van der Waals surface area contributed by atoms with Gasteiger partial charge in [0.25, 0.3) is 5.91 Å². The van der Waals surface area contributed by atoms with E-state index in [9.17, 15) is 4.79 Å². The van der Waals surface area contributed by atoms with Gasteiger partial charge in [-0.2, -0.15) is 0 Å². The Balaban J connectivity index is 2.28. The van der Waals surface area contributed by atoms with Crippen LogP contribution in [0.4, 0.5) is 0 Å². The molecule has 5 nitrogen and oxygen atoms in total. The predicted octanol–water partition coefficient (Wildman–Crippen LogP) is 1.13. The lowest BCUT2D eigenvalue weighted by Gasteiger charge is -2.23. The summed E-state index contributed by atoms with van der Waals surface area (Å²) in [6.07, 6.45) is 3.19. The SMILES string of the molecule is CC(C)(CO)NC(=O)c1ccc2nccnc2c1. The van der Waals surface area contributed by atoms with Crippen LogP contribution in [0, 0.1) is 0 Å². The number of aromatic nitrogens is 2. The van der Waals surface area contributed by atoms with E-state index < -0.39 is 5.54 Å². The minimum atomic E-state index is -0.644. The van der Waals surface area contributed by atoms with E-state index in [1.165, 1.54) is 0 Å². The molecule has 2 N–H and O–H groups in total. The third-order valence-electron chi connectivity index (χ3n) is 2.58. The quantitative estimate of drug-likeness (QED) is 0.850. The molecule has 0 fully saturated rings. The van der Waals surface area contributed by atoms with Crippen molar-refractivity contribution in [2.45, 2.75) is 19.4 Å². The summed E-state index contributed by atoms with van der Waals surface area (Å²) in [5, 5.41) is 11.9. The van der Waals surface area contributed by atoms with Gasteiger partial charge < -0.3 is 10.4 Å². The van der Waals surface area contributed by atoms with Crippen LogP contribution in [-0.2, 0) is 0 Å². The van der Waals surface area contributed by atoms with Crippen molar-refractivity contribution in [1.29, 1.82) is 0 Å². The zero-order valence-corrected chi connectivity index (χ0v) is 10.3. The number of hydrogen-bond donors (Lipinski definition) is 2. The smallest absolute Gasteiger partial charge is 0.251 e. The second-order valence-electron chi connectivity index (χ2n) is 4.76. The topological polar surface area (TPSA) is 75.1 Å². The van der Waals surface area contributed by atoms with Crippen LogP contribution >= 0.6 is 0 Å². The highest BCUT2D eigenvalue weighted by Crippen LogP contribution is 2.12. The number of nitrogens with zero attached hydrogens (tertiary/aromatic N) is 2. The number of fused-ring (bicyclic) bond motifs is 1. The van der Waals surface area contributed by atoms with Crippen LogP contribution in [0.5, 0.6) is 0 Å². The normalized spacial score (nSPS) is 11.5. The molecule has 1 aromatic heterocycles. The highest BCUT2D eigenvalue weighted by Gasteiger charge is 2.20. The molecule has 2 rings (SSSR count). The maximum Gasteiger partial charge on any atom is 0.251 e. The standard InChI is InChI=1S/C13H15N3O2/c1-13(2,8-17)16-12(18)9-3-4-10-11(7-9)15-6-5-14-10/h3-7,17H,8H2,1-2H3,(H,16,18). The average Bonchev–Trinajstić information content (AvgIpc) is 2.37. The number of aliphatic hydroxyl groups is 1. The first kappa shape index (κ1) is 12.4. The second-order valence-corrected chi connectivity index (χ2v) is 4.76. The Kier molecular flexibility index (Phi) is 3.25. The van der Waals surface area contributed by atoms with Crippen LogP contribution in [0.25, 0.3) is 11.0 Å². The third-order valence-corrected chi connectivity index (χ3v) is 2.58. The monoisotopic (exact) mass is 245 g/mol. The molecule has 1 heterocycles. The Labute approximate surface area is 105 Å². The largest absolute Gasteiger partial charge is 0.394 e. The van der Waals surface area contributed by atoms with Crippen LogP contribution in [0.15, 0.2) is 30.6 Å². The number of benzene rings is 1. The van der Waals surface area contributed by atoms with Crippen LogP contribution in [0.1, 0.15) is 24.2 Å². The number of hydrogen-bond acceptors (Lipinski definition) is 4. The van der Waals surface area contributed by atoms with Crippen LogP contribution in [0.2, 0.25) is 0 Å². The van der Waals surface area contributed by atoms with Gasteiger partial charge in [-0.25, -0.2) is 0 Å². The summed E-state index contributed by atoms with van der Waals surface area (Å²) >= 11 is 0. The van der Waals surface area contributed by atoms with E-state index in [2.05, 4.69) is 15.3 Å². The van der Waals surface area contributed by atoms with Gasteiger partial charge in [0.05, 0.1) is 23.2 Å². The Bertz CT molecular complexity index is 581. The molecule has 0 spiro atoms. The highest BCUT2D eigenvalue weighted by molar-refractivity contribution is 5.97. The first-order chi connectivity index (χ1) is 8.52. The summed E-state index contributed by atoms with van der Waals surface area (Å²) in [4.78, 5) is 20.3. The zero-order chi connectivity index (χ0) is 13.2. The van der Waals surface area contributed by atoms with Crippen LogP contribution in [-0.4, -0.2) is 33.1 Å². The number of nitrogens with one attached hydrogen (secondary N) is 1. The van der Waals surface area contributed by atoms with E-state index >= 15 is 0 Å². The first-order valence-corrected chi connectivity index (χ1v) is 5.66. The van der Waals surface area contributed by atoms with E-state index in [0.29, 0.717) is 11.1 Å². The molecule has 5 heteroatoms. The lowest BCUT2D eigenvalue weighted by atomic mass is 10.1. The Morgan fingerprint density at radius 1 is 1.28 bits per heavy atom. The van der Waals surface area contributed by atoms with Gasteiger partial charge in [-0.3, -0.25) is 14.8 Å². The molecule has 0 aliphatic rings. The molecule has 0 aliphatic carbocycles. The number of aliphatic hydroxyl groups excluding tert-OH is 1. The van der Waals surface area contributed by atoms with Crippen molar-refractivity contribution in [3.8, 4) is 0 Å². The lowest BCUT2D eigenvalue weighted by molar-refractivity contribution is 0.0869. The van der Waals surface area contributed by atoms with E-state index in [4.69, 9.17) is 5.11 Å². The van der Waals surface area contributed by atoms with Gasteiger partial charge in [-0.15, -0.1) is 0 Å². The van der Waals surface area contributed by atoms with Gasteiger partial charge in [0.2, 0.25) is 0 Å². The molecule has 0 aliphatic heterocycles. The van der Waals surface area contributed by atoms with Gasteiger partial charge >= 0.3 is 0 Å². The van der Waals surface area contributed by atoms with Gasteiger partial charge in [0.1, 0.15) is 0 Å². The minimum Gasteiger partial charge on any atom is -0.394 e. The molecule has 1 aromatic carbocycles. The zero-order valence-electron chi connectivity index (χ0n) is 10.3. The molecule has 0 bridgehead atoms. The summed E-state index contributed by atoms with van der Waals surface area (Å²) in [6.45, 7) is 3.39. The van der Waals surface area contributed by atoms with Gasteiger partial charge in [-0.1, -0.05) is 0 Å². The third kappa shape index (κ3) is 2.62. The molecule has 0 saturated heterocycles. The van der Waals surface area contributed by atoms with Crippen molar-refractivity contribution in [2.24, 2.45) is 0 Å². The average molecular weight is 245 g/mol. The number of amides is 1. The summed E-state index contributed by atoms with van der Waals surface area (Å²) in [7, 11) is 0. The summed E-state index contributed by atoms with van der Waals surface area (Å²) in [6, 6.07) is 5.13. The van der Waals surface area contributed by atoms with Gasteiger partial charge in [0.15, 0.2) is 0 Å². The number of carbonyl (C=O) groups excluding carboxylic acids is 1. The number of carbonyl (C=O) groups is 1. The summed E-state index contributed by atoms with van der Waals surface area (Å²) in [5.74, 6) is -0.235. The fourth-order valence-electron chi connectivity index (χ4n) is 1.52. The summed E-state index contributed by atoms with van der Waals surface area (Å²) in [5.41, 5.74) is 1.28. The Morgan fingerprint density at radius 2 is 1.94 bits per heavy atom. The van der Waals surface area contributed by atoms with Gasteiger partial charge in [0, 0.05) is 18.0 Å². The highest BCUT2D eigenvalue weighted by atomic mass is 16.3. The molecule has 1 amide bonds. The Morgan fingerprint density at radius 3 is 2.61 bits per heavy atom. The maximum absolute atomic E-state index is 12.0. The van der Waals surface area contributed by atoms with E-state index in [1.807, 2.05) is 0 Å². The Hall–Kier alpha value is -2.01. The molecule has 0 unspecified atom stereocenters. The van der Waals surface area contributed by atoms with Crippen molar-refractivity contribution in [1.82, 2.24) is 15.3 Å². The fraction of sp³-hybridized carbons (Fsp3) is 0.308. The molecule has 0 radical (unpaired) electrons. The first-order valence-electron chi connectivity index (χ1n) is 5.66. The van der Waals surface area contributed by atoms with Crippen LogP contribution in [0.3, 0.4) is 0 Å². The van der Waals surface area contributed by atoms with E-state index in [1.54, 1.807) is 44.4 Å². The molecule has 0 atom stereocenters. The minimum absolute atomic E-state index is 0.119. The second kappa shape index (κ2) is 4.70.